The van der Waals surface area contributed by atoms with E-state index in [1.165, 1.54) is 42.6 Å². The van der Waals surface area contributed by atoms with E-state index in [0.29, 0.717) is 0 Å². The molecule has 0 saturated carbocycles. The molecule has 21 heavy (non-hydrogen) atoms. The van der Waals surface area contributed by atoms with Gasteiger partial charge in [0.05, 0.1) is 0 Å². The number of carbonyl (C=O) groups excluding carboxylic acids is 1. The highest BCUT2D eigenvalue weighted by molar-refractivity contribution is 6.08. The highest BCUT2D eigenvalue weighted by Gasteiger charge is 2.23. The van der Waals surface area contributed by atoms with Gasteiger partial charge in [-0.05, 0) is 36.4 Å². The van der Waals surface area contributed by atoms with Crippen LogP contribution in [-0.4, -0.2) is 38.7 Å². The SMILES string of the molecule is O=C(O)CN(C(=O)c1ncccc1O)c1ccc(O)cc1. The average molecular weight is 288 g/mol. The Hall–Kier alpha value is -3.09. The summed E-state index contributed by atoms with van der Waals surface area (Å²) >= 11 is 0. The first-order chi connectivity index (χ1) is 9.99. The third-order valence-electron chi connectivity index (χ3n) is 2.69. The van der Waals surface area contributed by atoms with Crippen LogP contribution in [0.25, 0.3) is 0 Å². The number of aliphatic carboxylic acids is 1. The molecular formula is C14H12N2O5. The van der Waals surface area contributed by atoms with Crippen molar-refractivity contribution in [2.75, 3.05) is 11.4 Å². The van der Waals surface area contributed by atoms with E-state index in [2.05, 4.69) is 4.98 Å². The highest BCUT2D eigenvalue weighted by atomic mass is 16.4. The zero-order valence-electron chi connectivity index (χ0n) is 10.8. The summed E-state index contributed by atoms with van der Waals surface area (Å²) in [6.07, 6.45) is 1.32. The van der Waals surface area contributed by atoms with E-state index in [-0.39, 0.29) is 22.9 Å². The van der Waals surface area contributed by atoms with Crippen LogP contribution in [0, 0.1) is 0 Å². The van der Waals surface area contributed by atoms with Gasteiger partial charge in [-0.2, -0.15) is 0 Å². The lowest BCUT2D eigenvalue weighted by atomic mass is 10.2. The normalized spacial score (nSPS) is 10.1. The fourth-order valence-corrected chi connectivity index (χ4v) is 1.74. The smallest absolute Gasteiger partial charge is 0.323 e. The summed E-state index contributed by atoms with van der Waals surface area (Å²) in [6.45, 7) is -0.598. The molecule has 0 unspecified atom stereocenters. The van der Waals surface area contributed by atoms with E-state index >= 15 is 0 Å². The third-order valence-corrected chi connectivity index (χ3v) is 2.69. The lowest BCUT2D eigenvalue weighted by Gasteiger charge is -2.20. The topological polar surface area (TPSA) is 111 Å². The summed E-state index contributed by atoms with van der Waals surface area (Å²) in [5, 5.41) is 27.8. The monoisotopic (exact) mass is 288 g/mol. The Kier molecular flexibility index (Phi) is 4.03. The number of aromatic nitrogens is 1. The van der Waals surface area contributed by atoms with Gasteiger partial charge < -0.3 is 15.3 Å². The highest BCUT2D eigenvalue weighted by Crippen LogP contribution is 2.22. The molecule has 0 aliphatic heterocycles. The summed E-state index contributed by atoms with van der Waals surface area (Å²) < 4.78 is 0. The van der Waals surface area contributed by atoms with E-state index in [1.54, 1.807) is 0 Å². The van der Waals surface area contributed by atoms with Crippen LogP contribution in [0.2, 0.25) is 0 Å². The number of carboxylic acid groups (broad SMARTS) is 1. The van der Waals surface area contributed by atoms with Gasteiger partial charge in [-0.3, -0.25) is 14.5 Å². The van der Waals surface area contributed by atoms with Crippen molar-refractivity contribution in [3.8, 4) is 11.5 Å². The van der Waals surface area contributed by atoms with Crippen LogP contribution in [0.1, 0.15) is 10.5 Å². The molecule has 0 saturated heterocycles. The number of carbonyl (C=O) groups is 2. The molecule has 7 heteroatoms. The molecule has 1 heterocycles. The van der Waals surface area contributed by atoms with Gasteiger partial charge in [0.2, 0.25) is 0 Å². The molecule has 0 fully saturated rings. The predicted molar refractivity (Wildman–Crippen MR) is 73.3 cm³/mol. The first-order valence-electron chi connectivity index (χ1n) is 5.95. The Morgan fingerprint density at radius 3 is 2.33 bits per heavy atom. The molecule has 108 valence electrons. The van der Waals surface area contributed by atoms with E-state index in [0.717, 1.165) is 4.90 Å². The van der Waals surface area contributed by atoms with Crippen molar-refractivity contribution in [2.45, 2.75) is 0 Å². The summed E-state index contributed by atoms with van der Waals surface area (Å²) in [5.74, 6) is -2.31. The molecule has 7 nitrogen and oxygen atoms in total. The lowest BCUT2D eigenvalue weighted by Crippen LogP contribution is -2.36. The number of carboxylic acids is 1. The number of phenols is 1. The fraction of sp³-hybridized carbons (Fsp3) is 0.0714. The van der Waals surface area contributed by atoms with E-state index in [9.17, 15) is 19.8 Å². The van der Waals surface area contributed by atoms with Gasteiger partial charge in [0.25, 0.3) is 5.91 Å². The molecule has 1 aromatic heterocycles. The predicted octanol–water partition coefficient (Wildman–Crippen LogP) is 1.22. The van der Waals surface area contributed by atoms with Gasteiger partial charge in [-0.15, -0.1) is 0 Å². The number of rotatable bonds is 4. The van der Waals surface area contributed by atoms with Crippen LogP contribution in [0.3, 0.4) is 0 Å². The van der Waals surface area contributed by atoms with Crippen LogP contribution >= 0.6 is 0 Å². The molecular weight excluding hydrogens is 276 g/mol. The van der Waals surface area contributed by atoms with Crippen molar-refractivity contribution in [2.24, 2.45) is 0 Å². The average Bonchev–Trinajstić information content (AvgIpc) is 2.45. The standard InChI is InChI=1S/C14H12N2O5/c17-10-5-3-9(4-6-10)16(8-12(19)20)14(21)13-11(18)2-1-7-15-13/h1-7,17-18H,8H2,(H,19,20). The number of anilines is 1. The molecule has 0 spiro atoms. The van der Waals surface area contributed by atoms with Crippen molar-refractivity contribution < 1.29 is 24.9 Å². The van der Waals surface area contributed by atoms with E-state index < -0.39 is 18.4 Å². The Balaban J connectivity index is 2.40. The van der Waals surface area contributed by atoms with Crippen molar-refractivity contribution in [1.82, 2.24) is 4.98 Å². The van der Waals surface area contributed by atoms with Crippen molar-refractivity contribution in [3.63, 3.8) is 0 Å². The molecule has 0 aliphatic carbocycles. The minimum absolute atomic E-state index is 0.0119. The van der Waals surface area contributed by atoms with Gasteiger partial charge in [-0.25, -0.2) is 4.98 Å². The van der Waals surface area contributed by atoms with Crippen molar-refractivity contribution in [3.05, 3.63) is 48.3 Å². The molecule has 2 aromatic rings. The van der Waals surface area contributed by atoms with Crippen molar-refractivity contribution in [1.29, 1.82) is 0 Å². The number of aromatic hydroxyl groups is 2. The first kappa shape index (κ1) is 14.3. The minimum Gasteiger partial charge on any atom is -0.508 e. The van der Waals surface area contributed by atoms with Gasteiger partial charge in [0, 0.05) is 11.9 Å². The Bertz CT molecular complexity index is 669. The molecule has 0 aliphatic rings. The zero-order valence-corrected chi connectivity index (χ0v) is 10.8. The van der Waals surface area contributed by atoms with Crippen LogP contribution < -0.4 is 4.90 Å². The molecule has 0 bridgehead atoms. The second-order valence-electron chi connectivity index (χ2n) is 4.17. The number of amides is 1. The molecule has 1 aromatic carbocycles. The Morgan fingerprint density at radius 1 is 1.10 bits per heavy atom. The van der Waals surface area contributed by atoms with Crippen LogP contribution in [0.15, 0.2) is 42.6 Å². The molecule has 0 atom stereocenters. The van der Waals surface area contributed by atoms with Gasteiger partial charge in [0.15, 0.2) is 5.69 Å². The van der Waals surface area contributed by atoms with E-state index in [1.807, 2.05) is 0 Å². The minimum atomic E-state index is -1.22. The first-order valence-corrected chi connectivity index (χ1v) is 5.95. The lowest BCUT2D eigenvalue weighted by molar-refractivity contribution is -0.135. The van der Waals surface area contributed by atoms with Gasteiger partial charge in [0.1, 0.15) is 18.0 Å². The van der Waals surface area contributed by atoms with Gasteiger partial charge in [-0.1, -0.05) is 0 Å². The van der Waals surface area contributed by atoms with Crippen LogP contribution in [-0.2, 0) is 4.79 Å². The number of hydrogen-bond donors (Lipinski definition) is 3. The third kappa shape index (κ3) is 3.27. The van der Waals surface area contributed by atoms with Crippen LogP contribution in [0.4, 0.5) is 5.69 Å². The zero-order chi connectivity index (χ0) is 15.4. The van der Waals surface area contributed by atoms with Crippen molar-refractivity contribution >= 4 is 17.6 Å². The summed E-state index contributed by atoms with van der Waals surface area (Å²) in [5.41, 5.74) is 0.0251. The number of phenolic OH excluding ortho intramolecular Hbond substituents is 1. The van der Waals surface area contributed by atoms with E-state index in [4.69, 9.17) is 5.11 Å². The molecule has 1 amide bonds. The fourth-order valence-electron chi connectivity index (χ4n) is 1.74. The molecule has 3 N–H and O–H groups in total. The van der Waals surface area contributed by atoms with Gasteiger partial charge >= 0.3 is 5.97 Å². The molecule has 2 rings (SSSR count). The number of nitrogens with zero attached hydrogens (tertiary/aromatic N) is 2. The second kappa shape index (κ2) is 5.91. The Morgan fingerprint density at radius 2 is 1.76 bits per heavy atom. The maximum Gasteiger partial charge on any atom is 0.323 e. The maximum atomic E-state index is 12.4. The number of hydrogen-bond acceptors (Lipinski definition) is 5. The van der Waals surface area contributed by atoms with Crippen LogP contribution in [0.5, 0.6) is 11.5 Å². The summed E-state index contributed by atoms with van der Waals surface area (Å²) in [7, 11) is 0. The number of benzene rings is 1. The quantitative estimate of drug-likeness (QED) is 0.780. The number of pyridine rings is 1. The maximum absolute atomic E-state index is 12.4. The Labute approximate surface area is 119 Å². The largest absolute Gasteiger partial charge is 0.508 e. The summed E-state index contributed by atoms with van der Waals surface area (Å²) in [6, 6.07) is 8.20. The summed E-state index contributed by atoms with van der Waals surface area (Å²) in [4.78, 5) is 28.0. The second-order valence-corrected chi connectivity index (χ2v) is 4.17. The molecule has 0 radical (unpaired) electrons.